The van der Waals surface area contributed by atoms with Crippen LogP contribution in [-0.2, 0) is 16.0 Å². The van der Waals surface area contributed by atoms with E-state index in [4.69, 9.17) is 33.2 Å². The Kier molecular flexibility index (Phi) is 6.33. The third-order valence-electron chi connectivity index (χ3n) is 6.29. The lowest BCUT2D eigenvalue weighted by Crippen LogP contribution is -2.11. The first kappa shape index (κ1) is 23.4. The molecule has 0 N–H and O–H groups in total. The summed E-state index contributed by atoms with van der Waals surface area (Å²) >= 11 is 0. The lowest BCUT2D eigenvalue weighted by Gasteiger charge is -2.16. The zero-order valence-corrected chi connectivity index (χ0v) is 20.5. The quantitative estimate of drug-likeness (QED) is 0.419. The summed E-state index contributed by atoms with van der Waals surface area (Å²) in [5.74, 6) is 2.84. The van der Waals surface area contributed by atoms with Gasteiger partial charge < -0.3 is 33.2 Å². The van der Waals surface area contributed by atoms with Gasteiger partial charge in [0, 0.05) is 5.56 Å². The number of esters is 1. The van der Waals surface area contributed by atoms with Gasteiger partial charge in [-0.25, -0.2) is 0 Å². The molecular formula is C28H26O8. The van der Waals surface area contributed by atoms with Crippen molar-refractivity contribution in [2.75, 3.05) is 35.2 Å². The Labute approximate surface area is 208 Å². The number of hydrogen-bond donors (Lipinski definition) is 0. The van der Waals surface area contributed by atoms with E-state index < -0.39 is 5.92 Å². The molecule has 2 heterocycles. The Bertz CT molecular complexity index is 1300. The molecule has 0 amide bonds. The van der Waals surface area contributed by atoms with E-state index in [1.165, 1.54) is 0 Å². The highest BCUT2D eigenvalue weighted by molar-refractivity contribution is 5.95. The minimum Gasteiger partial charge on any atom is -0.497 e. The minimum absolute atomic E-state index is 0.152. The van der Waals surface area contributed by atoms with Gasteiger partial charge in [0.2, 0.25) is 12.5 Å². The van der Waals surface area contributed by atoms with Gasteiger partial charge in [0.25, 0.3) is 0 Å². The second-order valence-electron chi connectivity index (χ2n) is 8.26. The van der Waals surface area contributed by atoms with Crippen LogP contribution >= 0.6 is 0 Å². The normalized spacial score (nSPS) is 16.1. The van der Waals surface area contributed by atoms with Crippen LogP contribution in [0, 0.1) is 0 Å². The van der Waals surface area contributed by atoms with Gasteiger partial charge in [-0.3, -0.25) is 4.79 Å². The zero-order valence-electron chi connectivity index (χ0n) is 20.5. The van der Waals surface area contributed by atoms with Gasteiger partial charge in [-0.15, -0.1) is 0 Å². The van der Waals surface area contributed by atoms with E-state index in [0.717, 1.165) is 22.4 Å². The maximum absolute atomic E-state index is 13.3. The van der Waals surface area contributed by atoms with Crippen LogP contribution in [-0.4, -0.2) is 41.2 Å². The first-order valence-electron chi connectivity index (χ1n) is 11.3. The van der Waals surface area contributed by atoms with E-state index in [2.05, 4.69) is 0 Å². The molecule has 0 aliphatic carbocycles. The molecule has 1 atom stereocenters. The van der Waals surface area contributed by atoms with Crippen LogP contribution in [0.2, 0.25) is 0 Å². The molecule has 2 aliphatic heterocycles. The smallest absolute Gasteiger partial charge is 0.323 e. The highest BCUT2D eigenvalue weighted by atomic mass is 16.7. The summed E-state index contributed by atoms with van der Waals surface area (Å²) in [6.07, 6.45) is 0.473. The highest BCUT2D eigenvalue weighted by Crippen LogP contribution is 2.47. The van der Waals surface area contributed by atoms with Crippen molar-refractivity contribution in [3.05, 3.63) is 76.9 Å². The van der Waals surface area contributed by atoms with Gasteiger partial charge >= 0.3 is 5.97 Å². The predicted octanol–water partition coefficient (Wildman–Crippen LogP) is 4.74. The summed E-state index contributed by atoms with van der Waals surface area (Å²) in [5.41, 5.74) is 3.21. The van der Waals surface area contributed by atoms with E-state index in [-0.39, 0.29) is 12.8 Å². The number of ether oxygens (including phenoxy) is 7. The maximum Gasteiger partial charge on any atom is 0.323 e. The van der Waals surface area contributed by atoms with E-state index >= 15 is 0 Å². The van der Waals surface area contributed by atoms with Gasteiger partial charge in [0.15, 0.2) is 23.0 Å². The number of carbonyl (C=O) groups is 1. The largest absolute Gasteiger partial charge is 0.497 e. The number of rotatable bonds is 8. The van der Waals surface area contributed by atoms with Crippen molar-refractivity contribution in [3.63, 3.8) is 0 Å². The molecule has 8 heteroatoms. The predicted molar refractivity (Wildman–Crippen MR) is 131 cm³/mol. The third-order valence-corrected chi connectivity index (χ3v) is 6.29. The molecule has 0 spiro atoms. The van der Waals surface area contributed by atoms with Gasteiger partial charge in [0.1, 0.15) is 17.4 Å². The topological polar surface area (TPSA) is 81.7 Å². The Hall–Kier alpha value is -4.33. The van der Waals surface area contributed by atoms with Crippen molar-refractivity contribution in [3.8, 4) is 34.5 Å². The minimum atomic E-state index is -0.629. The van der Waals surface area contributed by atoms with Crippen LogP contribution < -0.4 is 28.4 Å². The SMILES string of the molecule is COc1ccc(CC2=C(c3cc(OC)c(OC)c(OC)c3)OC(=O)C2c2ccc3c(c2)OCO3)cc1. The molecule has 2 aliphatic rings. The molecule has 5 rings (SSSR count). The highest BCUT2D eigenvalue weighted by Gasteiger charge is 2.39. The molecule has 3 aromatic rings. The van der Waals surface area contributed by atoms with Crippen molar-refractivity contribution in [2.24, 2.45) is 0 Å². The van der Waals surface area contributed by atoms with E-state index in [9.17, 15) is 4.79 Å². The lowest BCUT2D eigenvalue weighted by atomic mass is 9.86. The van der Waals surface area contributed by atoms with Crippen molar-refractivity contribution in [2.45, 2.75) is 12.3 Å². The Morgan fingerprint density at radius 1 is 0.806 bits per heavy atom. The molecule has 3 aromatic carbocycles. The molecule has 0 bridgehead atoms. The fraction of sp³-hybridized carbons (Fsp3) is 0.250. The molecule has 0 radical (unpaired) electrons. The first-order chi connectivity index (χ1) is 17.6. The van der Waals surface area contributed by atoms with Crippen molar-refractivity contribution in [1.29, 1.82) is 0 Å². The summed E-state index contributed by atoms with van der Waals surface area (Å²) in [5, 5.41) is 0. The fourth-order valence-corrected chi connectivity index (χ4v) is 4.53. The van der Waals surface area contributed by atoms with Crippen molar-refractivity contribution < 1.29 is 38.0 Å². The van der Waals surface area contributed by atoms with E-state index in [1.54, 1.807) is 40.6 Å². The number of methoxy groups -OCH3 is 4. The molecule has 36 heavy (non-hydrogen) atoms. The number of carbonyl (C=O) groups excluding carboxylic acids is 1. The standard InChI is InChI=1S/C28H26O8/c1-30-19-8-5-16(6-9-19)11-20-25(17-7-10-21-22(12-17)35-15-34-21)28(29)36-26(20)18-13-23(31-2)27(33-4)24(14-18)32-3/h5-10,12-14,25H,11,15H2,1-4H3. The second kappa shape index (κ2) is 9.73. The summed E-state index contributed by atoms with van der Waals surface area (Å²) in [6.45, 7) is 0.152. The molecule has 8 nitrogen and oxygen atoms in total. The van der Waals surface area contributed by atoms with Crippen LogP contribution in [0.3, 0.4) is 0 Å². The molecule has 186 valence electrons. The van der Waals surface area contributed by atoms with Gasteiger partial charge in [-0.05, 0) is 59.5 Å². The van der Waals surface area contributed by atoms with Gasteiger partial charge in [-0.2, -0.15) is 0 Å². The second-order valence-corrected chi connectivity index (χ2v) is 8.26. The molecular weight excluding hydrogens is 464 g/mol. The molecule has 0 saturated heterocycles. The molecule has 1 unspecified atom stereocenters. The van der Waals surface area contributed by atoms with Crippen LogP contribution in [0.1, 0.15) is 22.6 Å². The van der Waals surface area contributed by atoms with Crippen LogP contribution in [0.25, 0.3) is 5.76 Å². The number of fused-ring (bicyclic) bond motifs is 1. The molecule has 0 saturated carbocycles. The number of benzene rings is 3. The van der Waals surface area contributed by atoms with Crippen molar-refractivity contribution in [1.82, 2.24) is 0 Å². The maximum atomic E-state index is 13.3. The summed E-state index contributed by atoms with van der Waals surface area (Å²) in [7, 11) is 6.26. The van der Waals surface area contributed by atoms with Crippen LogP contribution in [0.15, 0.2) is 60.2 Å². The Balaban J connectivity index is 1.65. The fourth-order valence-electron chi connectivity index (χ4n) is 4.53. The lowest BCUT2D eigenvalue weighted by molar-refractivity contribution is -0.135. The van der Waals surface area contributed by atoms with Crippen LogP contribution in [0.5, 0.6) is 34.5 Å². The van der Waals surface area contributed by atoms with E-state index in [1.807, 2.05) is 42.5 Å². The van der Waals surface area contributed by atoms with Gasteiger partial charge in [-0.1, -0.05) is 18.2 Å². The number of cyclic esters (lactones) is 1. The number of hydrogen-bond acceptors (Lipinski definition) is 8. The Morgan fingerprint density at radius 3 is 2.14 bits per heavy atom. The molecule has 0 aromatic heterocycles. The monoisotopic (exact) mass is 490 g/mol. The average Bonchev–Trinajstić information content (AvgIpc) is 3.51. The first-order valence-corrected chi connectivity index (χ1v) is 11.3. The molecule has 0 fully saturated rings. The summed E-state index contributed by atoms with van der Waals surface area (Å²) in [6, 6.07) is 16.8. The summed E-state index contributed by atoms with van der Waals surface area (Å²) in [4.78, 5) is 13.3. The summed E-state index contributed by atoms with van der Waals surface area (Å²) < 4.78 is 38.8. The average molecular weight is 491 g/mol. The third kappa shape index (κ3) is 4.15. The van der Waals surface area contributed by atoms with Crippen LogP contribution in [0.4, 0.5) is 0 Å². The van der Waals surface area contributed by atoms with E-state index in [0.29, 0.717) is 46.5 Å². The Morgan fingerprint density at radius 2 is 1.50 bits per heavy atom. The zero-order chi connectivity index (χ0) is 25.2. The van der Waals surface area contributed by atoms with Crippen molar-refractivity contribution >= 4 is 11.7 Å². The van der Waals surface area contributed by atoms with Gasteiger partial charge in [0.05, 0.1) is 28.4 Å².